The third-order valence-corrected chi connectivity index (χ3v) is 12.5. The molecule has 2 saturated heterocycles. The lowest BCUT2D eigenvalue weighted by molar-refractivity contribution is 0.00578. The summed E-state index contributed by atoms with van der Waals surface area (Å²) in [6, 6.07) is 3.33. The van der Waals surface area contributed by atoms with E-state index in [1.807, 2.05) is 83.1 Å². The molecule has 2 aromatic carbocycles. The number of nitrogens with zero attached hydrogens (tertiary/aromatic N) is 2. The Bertz CT molecular complexity index is 1630. The zero-order valence-electron chi connectivity index (χ0n) is 31.9. The van der Waals surface area contributed by atoms with Crippen LogP contribution in [0.25, 0.3) is 10.8 Å². The fraction of sp³-hybridized carbons (Fsp3) is 0.632. The summed E-state index contributed by atoms with van der Waals surface area (Å²) in [5, 5.41) is 0.560. The highest BCUT2D eigenvalue weighted by molar-refractivity contribution is 6.67. The van der Waals surface area contributed by atoms with Gasteiger partial charge in [0.25, 0.3) is 23.6 Å². The van der Waals surface area contributed by atoms with Crippen LogP contribution in [0.3, 0.4) is 0 Å². The van der Waals surface area contributed by atoms with Crippen molar-refractivity contribution in [2.24, 2.45) is 11.8 Å². The minimum absolute atomic E-state index is 0.0852. The molecule has 0 saturated carbocycles. The Balaban J connectivity index is 1.70. The molecule has 2 fully saturated rings. The number of rotatable bonds is 10. The molecule has 4 aliphatic heterocycles. The first-order valence-electron chi connectivity index (χ1n) is 18.4. The van der Waals surface area contributed by atoms with Gasteiger partial charge in [0.05, 0.1) is 22.4 Å². The molecule has 268 valence electrons. The lowest BCUT2D eigenvalue weighted by Gasteiger charge is -2.36. The molecule has 10 nitrogen and oxygen atoms in total. The third kappa shape index (κ3) is 5.39. The van der Waals surface area contributed by atoms with Gasteiger partial charge in [0.2, 0.25) is 0 Å². The Morgan fingerprint density at radius 1 is 0.520 bits per heavy atom. The number of hydrogen-bond acceptors (Lipinski definition) is 8. The molecule has 0 spiro atoms. The Hall–Kier alpha value is -3.05. The van der Waals surface area contributed by atoms with E-state index in [0.717, 1.165) is 25.7 Å². The van der Waals surface area contributed by atoms with Gasteiger partial charge in [0.1, 0.15) is 0 Å². The van der Waals surface area contributed by atoms with Crippen LogP contribution in [0.2, 0.25) is 0 Å². The van der Waals surface area contributed by atoms with Crippen LogP contribution in [0.4, 0.5) is 0 Å². The molecule has 0 atom stereocenters. The highest BCUT2D eigenvalue weighted by Crippen LogP contribution is 2.43. The second-order valence-corrected chi connectivity index (χ2v) is 16.5. The summed E-state index contributed by atoms with van der Waals surface area (Å²) in [6.07, 6.45) is 3.14. The Morgan fingerprint density at radius 3 is 1.06 bits per heavy atom. The van der Waals surface area contributed by atoms with Gasteiger partial charge in [-0.3, -0.25) is 29.0 Å². The summed E-state index contributed by atoms with van der Waals surface area (Å²) in [4.78, 5) is 61.3. The average Bonchev–Trinajstić information content (AvgIpc) is 3.41. The Labute approximate surface area is 297 Å². The molecule has 2 aromatic rings. The van der Waals surface area contributed by atoms with Crippen LogP contribution >= 0.6 is 0 Å². The molecule has 0 radical (unpaired) electrons. The summed E-state index contributed by atoms with van der Waals surface area (Å²) in [5.41, 5.74) is -1.32. The van der Waals surface area contributed by atoms with E-state index in [0.29, 0.717) is 10.9 Å². The van der Waals surface area contributed by atoms with Crippen LogP contribution in [0.15, 0.2) is 12.1 Å². The van der Waals surface area contributed by atoms with E-state index in [-0.39, 0.29) is 58.0 Å². The van der Waals surface area contributed by atoms with Crippen LogP contribution in [0.1, 0.15) is 150 Å². The molecule has 4 amide bonds. The van der Waals surface area contributed by atoms with Gasteiger partial charge < -0.3 is 18.6 Å². The fourth-order valence-corrected chi connectivity index (χ4v) is 7.47. The zero-order chi connectivity index (χ0) is 36.9. The minimum Gasteiger partial charge on any atom is -0.399 e. The fourth-order valence-electron chi connectivity index (χ4n) is 7.47. The van der Waals surface area contributed by atoms with E-state index in [4.69, 9.17) is 18.6 Å². The summed E-state index contributed by atoms with van der Waals surface area (Å²) in [6.45, 7) is 24.0. The lowest BCUT2D eigenvalue weighted by atomic mass is 9.66. The Morgan fingerprint density at radius 2 is 0.800 bits per heavy atom. The molecular weight excluding hydrogens is 634 g/mol. The molecule has 50 heavy (non-hydrogen) atoms. The molecule has 4 aliphatic rings. The highest BCUT2D eigenvalue weighted by atomic mass is 16.7. The summed E-state index contributed by atoms with van der Waals surface area (Å²) >= 11 is 0. The second kappa shape index (κ2) is 12.3. The SMILES string of the molecule is CCC(CC)CN1C(=O)c2cc(B3OC(C)(C)C(C)(C)O3)c3c4c(cc(B5OC(C)(C)C(C)(C)O5)c(c24)C1=O)C(=O)N(CC(CC)CC)C3=O. The smallest absolute Gasteiger partial charge is 0.399 e. The maximum atomic E-state index is 14.7. The van der Waals surface area contributed by atoms with Gasteiger partial charge in [0.15, 0.2) is 0 Å². The van der Waals surface area contributed by atoms with Crippen LogP contribution in [0.5, 0.6) is 0 Å². The average molecular weight is 686 g/mol. The maximum absolute atomic E-state index is 14.7. The molecule has 4 heterocycles. The lowest BCUT2D eigenvalue weighted by Crippen LogP contribution is -2.52. The van der Waals surface area contributed by atoms with Crippen LogP contribution in [0, 0.1) is 11.8 Å². The van der Waals surface area contributed by atoms with Crippen LogP contribution in [-0.4, -0.2) is 83.2 Å². The minimum atomic E-state index is -1.00. The summed E-state index contributed by atoms with van der Waals surface area (Å²) < 4.78 is 26.0. The van der Waals surface area contributed by atoms with E-state index < -0.39 is 60.3 Å². The number of carbonyl (C=O) groups is 4. The number of imide groups is 2. The van der Waals surface area contributed by atoms with Crippen molar-refractivity contribution in [3.63, 3.8) is 0 Å². The van der Waals surface area contributed by atoms with E-state index in [2.05, 4.69) is 0 Å². The monoisotopic (exact) mass is 686 g/mol. The normalized spacial score (nSPS) is 22.0. The van der Waals surface area contributed by atoms with Gasteiger partial charge in [-0.2, -0.15) is 0 Å². The van der Waals surface area contributed by atoms with E-state index in [9.17, 15) is 19.2 Å². The summed E-state index contributed by atoms with van der Waals surface area (Å²) in [5.74, 6) is -1.76. The highest BCUT2D eigenvalue weighted by Gasteiger charge is 2.56. The first-order valence-corrected chi connectivity index (χ1v) is 18.4. The van der Waals surface area contributed by atoms with Crippen molar-refractivity contribution in [2.45, 2.75) is 131 Å². The quantitative estimate of drug-likeness (QED) is 0.238. The number of benzene rings is 2. The molecule has 0 N–H and O–H groups in total. The first kappa shape index (κ1) is 36.7. The van der Waals surface area contributed by atoms with Gasteiger partial charge in [-0.05, 0) is 90.3 Å². The van der Waals surface area contributed by atoms with Crippen LogP contribution < -0.4 is 10.9 Å². The number of amides is 4. The summed E-state index contributed by atoms with van der Waals surface area (Å²) in [7, 11) is -2.00. The maximum Gasteiger partial charge on any atom is 0.495 e. The number of hydrogen-bond donors (Lipinski definition) is 0. The molecule has 0 unspecified atom stereocenters. The van der Waals surface area contributed by atoms with Crippen molar-refractivity contribution >= 4 is 59.6 Å². The molecule has 0 bridgehead atoms. The van der Waals surface area contributed by atoms with Crippen molar-refractivity contribution in [3.8, 4) is 0 Å². The molecular formula is C38H52B2N2O8. The first-order chi connectivity index (χ1) is 23.3. The van der Waals surface area contributed by atoms with Gasteiger partial charge in [-0.15, -0.1) is 0 Å². The predicted octanol–water partition coefficient (Wildman–Crippen LogP) is 5.50. The number of carbonyl (C=O) groups excluding carboxylic acids is 4. The van der Waals surface area contributed by atoms with E-state index >= 15 is 0 Å². The molecule has 0 aromatic heterocycles. The Kier molecular flexibility index (Phi) is 9.02. The molecule has 12 heteroatoms. The van der Waals surface area contributed by atoms with E-state index in [1.165, 1.54) is 9.80 Å². The van der Waals surface area contributed by atoms with E-state index in [1.54, 1.807) is 12.1 Å². The van der Waals surface area contributed by atoms with Gasteiger partial charge in [-0.1, -0.05) is 53.4 Å². The van der Waals surface area contributed by atoms with Gasteiger partial charge in [0, 0.05) is 46.1 Å². The van der Waals surface area contributed by atoms with Crippen molar-refractivity contribution < 1.29 is 37.8 Å². The van der Waals surface area contributed by atoms with Crippen molar-refractivity contribution in [1.29, 1.82) is 0 Å². The standard InChI is InChI=1S/C38H52B2N2O8/c1-13-21(14-2)19-41-31(43)23-17-26(40-49-37(9,10)38(11,12)50-40)30-28-24(32(44)42(34(30)46)20-22(15-3)16-4)18-25(29(27(23)28)33(41)45)39-47-35(5,6)36(7,8)48-39/h17-18,21-22H,13-16,19-20H2,1-12H3. The predicted molar refractivity (Wildman–Crippen MR) is 194 cm³/mol. The molecule has 6 rings (SSSR count). The zero-order valence-corrected chi connectivity index (χ0v) is 31.9. The topological polar surface area (TPSA) is 112 Å². The van der Waals surface area contributed by atoms with Gasteiger partial charge >= 0.3 is 14.2 Å². The molecule has 0 aliphatic carbocycles. The second-order valence-electron chi connectivity index (χ2n) is 16.5. The van der Waals surface area contributed by atoms with Crippen molar-refractivity contribution in [1.82, 2.24) is 9.80 Å². The van der Waals surface area contributed by atoms with Crippen molar-refractivity contribution in [3.05, 3.63) is 34.4 Å². The van der Waals surface area contributed by atoms with Crippen molar-refractivity contribution in [2.75, 3.05) is 13.1 Å². The van der Waals surface area contributed by atoms with Crippen LogP contribution in [-0.2, 0) is 18.6 Å². The largest absolute Gasteiger partial charge is 0.495 e. The third-order valence-electron chi connectivity index (χ3n) is 12.5. The van der Waals surface area contributed by atoms with Gasteiger partial charge in [-0.25, -0.2) is 0 Å².